The van der Waals surface area contributed by atoms with Crippen LogP contribution in [0.25, 0.3) is 0 Å². The van der Waals surface area contributed by atoms with E-state index in [4.69, 9.17) is 9.47 Å². The molecule has 0 amide bonds. The van der Waals surface area contributed by atoms with Gasteiger partial charge in [-0.3, -0.25) is 0 Å². The Morgan fingerprint density at radius 3 is 0.897 bits per heavy atom. The molecule has 0 fully saturated rings. The molecule has 1 unspecified atom stereocenters. The Kier molecular flexibility index (Phi) is 35.9. The molecule has 1 atom stereocenters. The van der Waals surface area contributed by atoms with E-state index in [-0.39, 0.29) is 6.10 Å². The number of rotatable bonds is 35. The average Bonchev–Trinajstić information content (AvgIpc) is 2.94. The van der Waals surface area contributed by atoms with Crippen molar-refractivity contribution in [3.63, 3.8) is 0 Å². The molecule has 0 aliphatic heterocycles. The molecule has 0 aromatic carbocycles. The molecule has 0 radical (unpaired) electrons. The van der Waals surface area contributed by atoms with Crippen LogP contribution in [0.3, 0.4) is 0 Å². The number of ether oxygens (including phenoxy) is 2. The molecule has 0 saturated carbocycles. The molecule has 0 rings (SSSR count). The van der Waals surface area contributed by atoms with Gasteiger partial charge < -0.3 is 9.47 Å². The molecule has 2 heteroatoms. The van der Waals surface area contributed by atoms with Gasteiger partial charge in [0.1, 0.15) is 0 Å². The van der Waals surface area contributed by atoms with Gasteiger partial charge in [-0.1, -0.05) is 194 Å². The maximum Gasteiger partial charge on any atom is 0.0780 e. The molecule has 0 spiro atoms. The van der Waals surface area contributed by atoms with Crippen molar-refractivity contribution in [2.45, 2.75) is 219 Å². The summed E-state index contributed by atoms with van der Waals surface area (Å²) < 4.78 is 11.8. The molecular weight excluding hydrogens is 476 g/mol. The Bertz CT molecular complexity index is 410. The lowest BCUT2D eigenvalue weighted by molar-refractivity contribution is -0.00869. The summed E-state index contributed by atoms with van der Waals surface area (Å²) in [5, 5.41) is 0. The van der Waals surface area contributed by atoms with E-state index in [0.717, 1.165) is 19.8 Å². The fraction of sp³-hybridized carbons (Fsp3) is 1.00. The first-order valence-corrected chi connectivity index (χ1v) is 18.5. The van der Waals surface area contributed by atoms with Crippen LogP contribution in [0, 0.1) is 0 Å². The Hall–Kier alpha value is -0.0800. The maximum atomic E-state index is 5.96. The van der Waals surface area contributed by atoms with Crippen LogP contribution in [0.5, 0.6) is 0 Å². The zero-order chi connectivity index (χ0) is 28.3. The number of hydrogen-bond donors (Lipinski definition) is 0. The summed E-state index contributed by atoms with van der Waals surface area (Å²) in [6, 6.07) is 0. The quantitative estimate of drug-likeness (QED) is 0.0728. The zero-order valence-corrected chi connectivity index (χ0v) is 27.7. The summed E-state index contributed by atoms with van der Waals surface area (Å²) >= 11 is 0. The second-order valence-electron chi connectivity index (χ2n) is 12.7. The van der Waals surface area contributed by atoms with Crippen LogP contribution in [0.15, 0.2) is 0 Å². The first kappa shape index (κ1) is 38.9. The molecule has 0 heterocycles. The van der Waals surface area contributed by atoms with Crippen LogP contribution in [-0.4, -0.2) is 25.9 Å². The summed E-state index contributed by atoms with van der Waals surface area (Å²) in [4.78, 5) is 0. The highest BCUT2D eigenvalue weighted by atomic mass is 16.5. The van der Waals surface area contributed by atoms with Gasteiger partial charge in [0, 0.05) is 13.2 Å². The van der Waals surface area contributed by atoms with E-state index in [2.05, 4.69) is 20.8 Å². The normalized spacial score (nSPS) is 12.4. The second kappa shape index (κ2) is 35.9. The lowest BCUT2D eigenvalue weighted by Crippen LogP contribution is -2.17. The average molecular weight is 553 g/mol. The highest BCUT2D eigenvalue weighted by Gasteiger charge is 2.02. The van der Waals surface area contributed by atoms with Crippen molar-refractivity contribution in [3.8, 4) is 0 Å². The maximum absolute atomic E-state index is 5.96. The topological polar surface area (TPSA) is 18.5 Å². The lowest BCUT2D eigenvalue weighted by atomic mass is 10.0. The van der Waals surface area contributed by atoms with Gasteiger partial charge in [-0.05, 0) is 19.8 Å². The molecule has 236 valence electrons. The van der Waals surface area contributed by atoms with Gasteiger partial charge >= 0.3 is 0 Å². The summed E-state index contributed by atoms with van der Waals surface area (Å²) in [6.07, 6.45) is 42.7. The zero-order valence-electron chi connectivity index (χ0n) is 27.7. The first-order chi connectivity index (χ1) is 19.3. The number of hydrogen-bond acceptors (Lipinski definition) is 2. The predicted molar refractivity (Wildman–Crippen MR) is 176 cm³/mol. The van der Waals surface area contributed by atoms with E-state index >= 15 is 0 Å². The minimum atomic E-state index is 0.244. The Labute approximate surface area is 248 Å². The van der Waals surface area contributed by atoms with Crippen molar-refractivity contribution >= 4 is 0 Å². The molecule has 0 saturated heterocycles. The van der Waals surface area contributed by atoms with Gasteiger partial charge in [0.05, 0.1) is 12.7 Å². The van der Waals surface area contributed by atoms with E-state index in [9.17, 15) is 0 Å². The third-order valence-corrected chi connectivity index (χ3v) is 8.40. The van der Waals surface area contributed by atoms with Gasteiger partial charge in [-0.2, -0.15) is 0 Å². The Balaban J connectivity index is 3.13. The molecule has 0 aliphatic rings. The van der Waals surface area contributed by atoms with Crippen molar-refractivity contribution in [1.82, 2.24) is 0 Å². The highest BCUT2D eigenvalue weighted by molar-refractivity contribution is 4.53. The monoisotopic (exact) mass is 553 g/mol. The van der Waals surface area contributed by atoms with Crippen LogP contribution >= 0.6 is 0 Å². The molecular formula is C37H76O2. The standard InChI is InChI=1S/C37H76O2/c1-4-6-8-10-12-14-16-18-20-22-24-26-28-30-32-34-38-36-37(3)39-35-33-31-29-27-25-23-21-19-17-15-13-11-9-7-5-2/h37H,4-36H2,1-3H3. The van der Waals surface area contributed by atoms with E-state index in [1.165, 1.54) is 193 Å². The SMILES string of the molecule is CCCCCCCCCCCCCCCCCOCC(C)OCCCCCCCCCCCCCCCCC. The smallest absolute Gasteiger partial charge is 0.0780 e. The van der Waals surface area contributed by atoms with Crippen LogP contribution < -0.4 is 0 Å². The largest absolute Gasteiger partial charge is 0.379 e. The molecule has 0 aromatic rings. The van der Waals surface area contributed by atoms with E-state index in [1.54, 1.807) is 0 Å². The van der Waals surface area contributed by atoms with Gasteiger partial charge in [-0.25, -0.2) is 0 Å². The fourth-order valence-electron chi connectivity index (χ4n) is 5.63. The van der Waals surface area contributed by atoms with Crippen molar-refractivity contribution in [3.05, 3.63) is 0 Å². The van der Waals surface area contributed by atoms with Crippen molar-refractivity contribution in [2.75, 3.05) is 19.8 Å². The van der Waals surface area contributed by atoms with Gasteiger partial charge in [0.25, 0.3) is 0 Å². The third kappa shape index (κ3) is 35.9. The molecule has 0 aliphatic carbocycles. The van der Waals surface area contributed by atoms with Crippen LogP contribution in [-0.2, 0) is 9.47 Å². The van der Waals surface area contributed by atoms with Crippen molar-refractivity contribution < 1.29 is 9.47 Å². The third-order valence-electron chi connectivity index (χ3n) is 8.40. The first-order valence-electron chi connectivity index (χ1n) is 18.5. The van der Waals surface area contributed by atoms with Crippen molar-refractivity contribution in [2.24, 2.45) is 0 Å². The van der Waals surface area contributed by atoms with Crippen LogP contribution in [0.1, 0.15) is 213 Å². The summed E-state index contributed by atoms with van der Waals surface area (Å²) in [5.74, 6) is 0. The highest BCUT2D eigenvalue weighted by Crippen LogP contribution is 2.15. The molecule has 0 N–H and O–H groups in total. The van der Waals surface area contributed by atoms with Gasteiger partial charge in [0.2, 0.25) is 0 Å². The van der Waals surface area contributed by atoms with Gasteiger partial charge in [-0.15, -0.1) is 0 Å². The Morgan fingerprint density at radius 2 is 0.590 bits per heavy atom. The van der Waals surface area contributed by atoms with Crippen LogP contribution in [0.4, 0.5) is 0 Å². The van der Waals surface area contributed by atoms with Gasteiger partial charge in [0.15, 0.2) is 0 Å². The minimum absolute atomic E-state index is 0.244. The van der Waals surface area contributed by atoms with E-state index in [1.807, 2.05) is 0 Å². The molecule has 0 aromatic heterocycles. The van der Waals surface area contributed by atoms with Crippen LogP contribution in [0.2, 0.25) is 0 Å². The minimum Gasteiger partial charge on any atom is -0.379 e. The second-order valence-corrected chi connectivity index (χ2v) is 12.7. The molecule has 39 heavy (non-hydrogen) atoms. The number of unbranched alkanes of at least 4 members (excludes halogenated alkanes) is 28. The molecule has 0 bridgehead atoms. The molecule has 2 nitrogen and oxygen atoms in total. The van der Waals surface area contributed by atoms with Crippen molar-refractivity contribution in [1.29, 1.82) is 0 Å². The summed E-state index contributed by atoms with van der Waals surface area (Å²) in [5.41, 5.74) is 0. The van der Waals surface area contributed by atoms with E-state index in [0.29, 0.717) is 0 Å². The lowest BCUT2D eigenvalue weighted by Gasteiger charge is -2.13. The summed E-state index contributed by atoms with van der Waals surface area (Å²) in [7, 11) is 0. The Morgan fingerprint density at radius 1 is 0.333 bits per heavy atom. The van der Waals surface area contributed by atoms with E-state index < -0.39 is 0 Å². The summed E-state index contributed by atoms with van der Waals surface area (Å²) in [6.45, 7) is 9.34. The predicted octanol–water partition coefficient (Wildman–Crippen LogP) is 13.2. The fourth-order valence-corrected chi connectivity index (χ4v) is 5.63.